The van der Waals surface area contributed by atoms with Gasteiger partial charge in [0.1, 0.15) is 6.10 Å². The molecule has 0 spiro atoms. The van der Waals surface area contributed by atoms with E-state index >= 15 is 0 Å². The molecule has 0 fully saturated rings. The fraction of sp³-hybridized carbons (Fsp3) is 0.278. The molecule has 2 aromatic carbocycles. The number of benzene rings is 2. The van der Waals surface area contributed by atoms with Gasteiger partial charge in [0.25, 0.3) is 0 Å². The summed E-state index contributed by atoms with van der Waals surface area (Å²) in [5.41, 5.74) is 1.08. The number of rotatable bonds is 7. The van der Waals surface area contributed by atoms with Crippen LogP contribution in [0.25, 0.3) is 10.8 Å². The Balaban J connectivity index is 1.88. The molecule has 0 aromatic heterocycles. The quantitative estimate of drug-likeness (QED) is 0.624. The number of fused-ring (bicyclic) bond motifs is 1. The number of carbonyl (C=O) groups is 1. The molecule has 0 heterocycles. The van der Waals surface area contributed by atoms with Crippen LogP contribution >= 0.6 is 0 Å². The van der Waals surface area contributed by atoms with Crippen molar-refractivity contribution in [2.45, 2.75) is 26.0 Å². The molecule has 2 rings (SSSR count). The van der Waals surface area contributed by atoms with Gasteiger partial charge >= 0.3 is 0 Å². The van der Waals surface area contributed by atoms with E-state index in [1.807, 2.05) is 18.2 Å². The molecule has 0 aliphatic heterocycles. The summed E-state index contributed by atoms with van der Waals surface area (Å²) in [7, 11) is 0. The van der Waals surface area contributed by atoms with Crippen LogP contribution in [-0.4, -0.2) is 18.6 Å². The third-order valence-corrected chi connectivity index (χ3v) is 3.34. The molecule has 0 radical (unpaired) electrons. The number of carbonyl (C=O) groups excluding carboxylic acids is 1. The lowest BCUT2D eigenvalue weighted by Crippen LogP contribution is -2.34. The van der Waals surface area contributed by atoms with E-state index < -0.39 is 6.10 Å². The van der Waals surface area contributed by atoms with Gasteiger partial charge in [-0.05, 0) is 35.7 Å². The minimum absolute atomic E-state index is 0.0905. The number of ether oxygens (including phenoxy) is 1. The molecule has 3 nitrogen and oxygen atoms in total. The molecule has 0 aliphatic rings. The van der Waals surface area contributed by atoms with Gasteiger partial charge in [-0.25, -0.2) is 0 Å². The van der Waals surface area contributed by atoms with Crippen LogP contribution in [-0.2, 0) is 16.1 Å². The van der Waals surface area contributed by atoms with E-state index in [0.29, 0.717) is 13.2 Å². The van der Waals surface area contributed by atoms with Gasteiger partial charge in [0.15, 0.2) is 0 Å². The topological polar surface area (TPSA) is 38.3 Å². The Morgan fingerprint density at radius 2 is 2.05 bits per heavy atom. The van der Waals surface area contributed by atoms with E-state index in [9.17, 15) is 4.79 Å². The fourth-order valence-corrected chi connectivity index (χ4v) is 2.09. The Bertz CT molecular complexity index is 621. The third kappa shape index (κ3) is 4.43. The SMILES string of the molecule is C=CCCOC(C)C(=O)NCc1ccc2ccccc2c1. The van der Waals surface area contributed by atoms with Crippen LogP contribution in [0, 0.1) is 0 Å². The summed E-state index contributed by atoms with van der Waals surface area (Å²) in [6.45, 7) is 6.42. The molecule has 21 heavy (non-hydrogen) atoms. The summed E-state index contributed by atoms with van der Waals surface area (Å²) >= 11 is 0. The Hall–Kier alpha value is -2.13. The zero-order valence-electron chi connectivity index (χ0n) is 12.3. The Morgan fingerprint density at radius 3 is 2.81 bits per heavy atom. The predicted molar refractivity (Wildman–Crippen MR) is 86.0 cm³/mol. The molecule has 1 atom stereocenters. The highest BCUT2D eigenvalue weighted by Gasteiger charge is 2.12. The first-order valence-electron chi connectivity index (χ1n) is 7.18. The monoisotopic (exact) mass is 283 g/mol. The fourth-order valence-electron chi connectivity index (χ4n) is 2.09. The summed E-state index contributed by atoms with van der Waals surface area (Å²) < 4.78 is 5.42. The van der Waals surface area contributed by atoms with Crippen LogP contribution in [0.15, 0.2) is 55.1 Å². The van der Waals surface area contributed by atoms with Gasteiger partial charge in [-0.3, -0.25) is 4.79 Å². The van der Waals surface area contributed by atoms with Crippen molar-refractivity contribution >= 4 is 16.7 Å². The maximum absolute atomic E-state index is 11.9. The van der Waals surface area contributed by atoms with Gasteiger partial charge in [0.2, 0.25) is 5.91 Å². The Labute approximate surface area is 125 Å². The van der Waals surface area contributed by atoms with Crippen LogP contribution in [0.2, 0.25) is 0 Å². The number of nitrogens with one attached hydrogen (secondary N) is 1. The van der Waals surface area contributed by atoms with Crippen molar-refractivity contribution in [3.8, 4) is 0 Å². The second kappa shape index (κ2) is 7.60. The van der Waals surface area contributed by atoms with Gasteiger partial charge < -0.3 is 10.1 Å². The number of hydrogen-bond donors (Lipinski definition) is 1. The maximum Gasteiger partial charge on any atom is 0.249 e. The zero-order chi connectivity index (χ0) is 15.1. The van der Waals surface area contributed by atoms with Crippen LogP contribution in [0.4, 0.5) is 0 Å². The number of amides is 1. The van der Waals surface area contributed by atoms with Crippen LogP contribution < -0.4 is 5.32 Å². The summed E-state index contributed by atoms with van der Waals surface area (Å²) in [6, 6.07) is 14.4. The molecule has 0 saturated carbocycles. The second-order valence-electron chi connectivity index (χ2n) is 4.99. The lowest BCUT2D eigenvalue weighted by atomic mass is 10.1. The van der Waals surface area contributed by atoms with E-state index in [1.165, 1.54) is 10.8 Å². The minimum Gasteiger partial charge on any atom is -0.368 e. The maximum atomic E-state index is 11.9. The van der Waals surface area contributed by atoms with E-state index in [0.717, 1.165) is 12.0 Å². The number of hydrogen-bond acceptors (Lipinski definition) is 2. The highest BCUT2D eigenvalue weighted by atomic mass is 16.5. The van der Waals surface area contributed by atoms with Gasteiger partial charge in [-0.1, -0.05) is 42.5 Å². The largest absolute Gasteiger partial charge is 0.368 e. The van der Waals surface area contributed by atoms with Crippen molar-refractivity contribution in [3.05, 3.63) is 60.7 Å². The smallest absolute Gasteiger partial charge is 0.249 e. The van der Waals surface area contributed by atoms with Crippen molar-refractivity contribution in [2.24, 2.45) is 0 Å². The van der Waals surface area contributed by atoms with Crippen molar-refractivity contribution in [1.29, 1.82) is 0 Å². The second-order valence-corrected chi connectivity index (χ2v) is 4.99. The standard InChI is InChI=1S/C18H21NO2/c1-3-4-11-21-14(2)18(20)19-13-15-9-10-16-7-5-6-8-17(16)12-15/h3,5-10,12,14H,1,4,11,13H2,2H3,(H,19,20). The van der Waals surface area contributed by atoms with Crippen molar-refractivity contribution < 1.29 is 9.53 Å². The Morgan fingerprint density at radius 1 is 1.29 bits per heavy atom. The molecule has 1 amide bonds. The summed E-state index contributed by atoms with van der Waals surface area (Å²) in [6.07, 6.45) is 2.09. The molecule has 2 aromatic rings. The first-order valence-corrected chi connectivity index (χ1v) is 7.18. The van der Waals surface area contributed by atoms with E-state index in [-0.39, 0.29) is 5.91 Å². The first kappa shape index (κ1) is 15.3. The lowest BCUT2D eigenvalue weighted by molar-refractivity contribution is -0.131. The van der Waals surface area contributed by atoms with Crippen LogP contribution in [0.1, 0.15) is 18.9 Å². The molecule has 1 N–H and O–H groups in total. The van der Waals surface area contributed by atoms with Gasteiger partial charge in [-0.2, -0.15) is 0 Å². The molecule has 1 unspecified atom stereocenters. The van der Waals surface area contributed by atoms with Crippen molar-refractivity contribution in [3.63, 3.8) is 0 Å². The van der Waals surface area contributed by atoms with E-state index in [4.69, 9.17) is 4.74 Å². The molecule has 0 aliphatic carbocycles. The summed E-state index contributed by atoms with van der Waals surface area (Å²) in [5.74, 6) is -0.0905. The third-order valence-electron chi connectivity index (χ3n) is 3.34. The lowest BCUT2D eigenvalue weighted by Gasteiger charge is -2.13. The average Bonchev–Trinajstić information content (AvgIpc) is 2.52. The molecular formula is C18H21NO2. The van der Waals surface area contributed by atoms with Crippen molar-refractivity contribution in [1.82, 2.24) is 5.32 Å². The van der Waals surface area contributed by atoms with Gasteiger partial charge in [0.05, 0.1) is 6.61 Å². The van der Waals surface area contributed by atoms with Crippen LogP contribution in [0.3, 0.4) is 0 Å². The molecule has 110 valence electrons. The van der Waals surface area contributed by atoms with Crippen LogP contribution in [0.5, 0.6) is 0 Å². The molecule has 0 saturated heterocycles. The van der Waals surface area contributed by atoms with E-state index in [1.54, 1.807) is 13.0 Å². The minimum atomic E-state index is -0.439. The first-order chi connectivity index (χ1) is 10.2. The van der Waals surface area contributed by atoms with Gasteiger partial charge in [0, 0.05) is 6.54 Å². The molecular weight excluding hydrogens is 262 g/mol. The normalized spacial score (nSPS) is 12.0. The summed E-state index contributed by atoms with van der Waals surface area (Å²) in [4.78, 5) is 11.9. The Kier molecular flexibility index (Phi) is 5.52. The van der Waals surface area contributed by atoms with E-state index in [2.05, 4.69) is 36.2 Å². The van der Waals surface area contributed by atoms with Crippen molar-refractivity contribution in [2.75, 3.05) is 6.61 Å². The molecule has 0 bridgehead atoms. The molecule has 3 heteroatoms. The highest BCUT2D eigenvalue weighted by Crippen LogP contribution is 2.15. The average molecular weight is 283 g/mol. The van der Waals surface area contributed by atoms with Gasteiger partial charge in [-0.15, -0.1) is 6.58 Å². The predicted octanol–water partition coefficient (Wildman–Crippen LogP) is 3.44. The highest BCUT2D eigenvalue weighted by molar-refractivity contribution is 5.83. The summed E-state index contributed by atoms with van der Waals surface area (Å²) in [5, 5.41) is 5.28. The zero-order valence-corrected chi connectivity index (χ0v) is 12.3.